The average molecular weight is 152 g/mol. The lowest BCUT2D eigenvalue weighted by atomic mass is 9.86. The highest BCUT2D eigenvalue weighted by molar-refractivity contribution is 5.49. The molecule has 0 heterocycles. The number of rotatable bonds is 3. The van der Waals surface area contributed by atoms with Crippen LogP contribution >= 0.6 is 0 Å². The van der Waals surface area contributed by atoms with Crippen LogP contribution in [0.5, 0.6) is 0 Å². The Morgan fingerprint density at radius 1 is 1.27 bits per heavy atom. The molecule has 0 aromatic carbocycles. The van der Waals surface area contributed by atoms with E-state index in [4.69, 9.17) is 0 Å². The van der Waals surface area contributed by atoms with Crippen LogP contribution in [0, 0.1) is 17.8 Å². The molecule has 2 bridgehead atoms. The van der Waals surface area contributed by atoms with Crippen molar-refractivity contribution < 1.29 is 4.79 Å². The van der Waals surface area contributed by atoms with Gasteiger partial charge in [0, 0.05) is 6.42 Å². The van der Waals surface area contributed by atoms with Gasteiger partial charge in [0.25, 0.3) is 0 Å². The van der Waals surface area contributed by atoms with Crippen LogP contribution in [0.25, 0.3) is 0 Å². The molecule has 2 saturated carbocycles. The molecule has 0 N–H and O–H groups in total. The molecule has 1 nitrogen and oxygen atoms in total. The maximum absolute atomic E-state index is 10.2. The molecule has 0 aromatic rings. The average Bonchev–Trinajstić information content (AvgIpc) is 2.60. The first-order valence-electron chi connectivity index (χ1n) is 4.84. The standard InChI is InChI=1S/C10H16O/c11-5-1-2-9-6-8-3-4-10(9)7-8/h5,8-10H,1-4,6-7H2/t8-,9-,10-/m0/s1. The number of fused-ring (bicyclic) bond motifs is 2. The molecule has 0 unspecified atom stereocenters. The molecule has 0 spiro atoms. The van der Waals surface area contributed by atoms with Gasteiger partial charge >= 0.3 is 0 Å². The zero-order valence-corrected chi connectivity index (χ0v) is 6.96. The van der Waals surface area contributed by atoms with Crippen LogP contribution in [-0.2, 0) is 4.79 Å². The Morgan fingerprint density at radius 3 is 2.73 bits per heavy atom. The summed E-state index contributed by atoms with van der Waals surface area (Å²) in [5, 5.41) is 0. The van der Waals surface area contributed by atoms with Crippen molar-refractivity contribution in [3.8, 4) is 0 Å². The number of hydrogen-bond acceptors (Lipinski definition) is 1. The van der Waals surface area contributed by atoms with Gasteiger partial charge in [0.05, 0.1) is 0 Å². The zero-order valence-electron chi connectivity index (χ0n) is 6.96. The molecule has 2 fully saturated rings. The van der Waals surface area contributed by atoms with Gasteiger partial charge in [-0.15, -0.1) is 0 Å². The SMILES string of the molecule is O=CCC[C@H]1C[C@@H]2CC[C@H]1C2. The third-order valence-corrected chi connectivity index (χ3v) is 3.54. The van der Waals surface area contributed by atoms with E-state index < -0.39 is 0 Å². The zero-order chi connectivity index (χ0) is 7.68. The minimum absolute atomic E-state index is 0.799. The van der Waals surface area contributed by atoms with Crippen LogP contribution in [-0.4, -0.2) is 6.29 Å². The molecule has 2 aliphatic rings. The first-order valence-corrected chi connectivity index (χ1v) is 4.84. The number of aldehydes is 1. The fraction of sp³-hybridized carbons (Fsp3) is 0.900. The van der Waals surface area contributed by atoms with E-state index in [-0.39, 0.29) is 0 Å². The maximum atomic E-state index is 10.2. The predicted molar refractivity (Wildman–Crippen MR) is 44.2 cm³/mol. The quantitative estimate of drug-likeness (QED) is 0.567. The van der Waals surface area contributed by atoms with Gasteiger partial charge in [0.15, 0.2) is 0 Å². The number of carbonyl (C=O) groups is 1. The Morgan fingerprint density at radius 2 is 2.18 bits per heavy atom. The summed E-state index contributed by atoms with van der Waals surface area (Å²) in [6.45, 7) is 0. The normalized spacial score (nSPS) is 41.3. The van der Waals surface area contributed by atoms with Gasteiger partial charge in [-0.25, -0.2) is 0 Å². The van der Waals surface area contributed by atoms with Crippen molar-refractivity contribution in [3.05, 3.63) is 0 Å². The van der Waals surface area contributed by atoms with Gasteiger partial charge in [-0.3, -0.25) is 0 Å². The second-order valence-electron chi connectivity index (χ2n) is 4.18. The highest BCUT2D eigenvalue weighted by atomic mass is 16.1. The molecule has 0 saturated heterocycles. The van der Waals surface area contributed by atoms with E-state index in [9.17, 15) is 4.79 Å². The molecule has 2 rings (SSSR count). The Balaban J connectivity index is 1.83. The van der Waals surface area contributed by atoms with Crippen LogP contribution in [0.2, 0.25) is 0 Å². The topological polar surface area (TPSA) is 17.1 Å². The van der Waals surface area contributed by atoms with Gasteiger partial charge in [-0.05, 0) is 43.4 Å². The van der Waals surface area contributed by atoms with Gasteiger partial charge in [0.1, 0.15) is 6.29 Å². The van der Waals surface area contributed by atoms with E-state index in [0.717, 1.165) is 30.5 Å². The van der Waals surface area contributed by atoms with Crippen LogP contribution < -0.4 is 0 Å². The fourth-order valence-electron chi connectivity index (χ4n) is 3.01. The Hall–Kier alpha value is -0.330. The number of hydrogen-bond donors (Lipinski definition) is 0. The summed E-state index contributed by atoms with van der Waals surface area (Å²) >= 11 is 0. The Labute approximate surface area is 68.2 Å². The molecule has 2 aliphatic carbocycles. The molecule has 0 radical (unpaired) electrons. The first-order chi connectivity index (χ1) is 5.40. The molecule has 3 atom stereocenters. The molecular weight excluding hydrogens is 136 g/mol. The lowest BCUT2D eigenvalue weighted by Gasteiger charge is -2.20. The first kappa shape index (κ1) is 7.33. The highest BCUT2D eigenvalue weighted by Gasteiger charge is 2.38. The van der Waals surface area contributed by atoms with Gasteiger partial charge in [-0.2, -0.15) is 0 Å². The minimum atomic E-state index is 0.799. The molecular formula is C10H16O. The smallest absolute Gasteiger partial charge is 0.120 e. The van der Waals surface area contributed by atoms with Gasteiger partial charge in [-0.1, -0.05) is 6.42 Å². The summed E-state index contributed by atoms with van der Waals surface area (Å²) in [6, 6.07) is 0. The van der Waals surface area contributed by atoms with E-state index in [2.05, 4.69) is 0 Å². The monoisotopic (exact) mass is 152 g/mol. The fourth-order valence-corrected chi connectivity index (χ4v) is 3.01. The Bertz CT molecular complexity index is 153. The lowest BCUT2D eigenvalue weighted by Crippen LogP contribution is -2.10. The van der Waals surface area contributed by atoms with Crippen molar-refractivity contribution in [1.82, 2.24) is 0 Å². The van der Waals surface area contributed by atoms with Crippen molar-refractivity contribution in [3.63, 3.8) is 0 Å². The summed E-state index contributed by atoms with van der Waals surface area (Å²) < 4.78 is 0. The van der Waals surface area contributed by atoms with Crippen LogP contribution in [0.1, 0.15) is 38.5 Å². The van der Waals surface area contributed by atoms with E-state index in [1.54, 1.807) is 0 Å². The molecule has 62 valence electrons. The van der Waals surface area contributed by atoms with E-state index in [1.807, 2.05) is 0 Å². The van der Waals surface area contributed by atoms with Crippen LogP contribution in [0.3, 0.4) is 0 Å². The second kappa shape index (κ2) is 2.96. The van der Waals surface area contributed by atoms with E-state index in [0.29, 0.717) is 0 Å². The van der Waals surface area contributed by atoms with Crippen molar-refractivity contribution in [2.75, 3.05) is 0 Å². The van der Waals surface area contributed by atoms with Crippen molar-refractivity contribution >= 4 is 6.29 Å². The van der Waals surface area contributed by atoms with E-state index >= 15 is 0 Å². The molecule has 0 aromatic heterocycles. The molecule has 0 aliphatic heterocycles. The van der Waals surface area contributed by atoms with E-state index in [1.165, 1.54) is 32.1 Å². The van der Waals surface area contributed by atoms with Crippen molar-refractivity contribution in [2.24, 2.45) is 17.8 Å². The van der Waals surface area contributed by atoms with Crippen LogP contribution in [0.4, 0.5) is 0 Å². The maximum Gasteiger partial charge on any atom is 0.120 e. The van der Waals surface area contributed by atoms with Crippen molar-refractivity contribution in [2.45, 2.75) is 38.5 Å². The minimum Gasteiger partial charge on any atom is -0.303 e. The van der Waals surface area contributed by atoms with Gasteiger partial charge < -0.3 is 4.79 Å². The summed E-state index contributed by atoms with van der Waals surface area (Å²) in [6.07, 6.45) is 8.88. The third kappa shape index (κ3) is 1.33. The predicted octanol–water partition coefficient (Wildman–Crippen LogP) is 2.40. The third-order valence-electron chi connectivity index (χ3n) is 3.54. The lowest BCUT2D eigenvalue weighted by molar-refractivity contribution is -0.108. The van der Waals surface area contributed by atoms with Crippen LogP contribution in [0.15, 0.2) is 0 Å². The van der Waals surface area contributed by atoms with Crippen molar-refractivity contribution in [1.29, 1.82) is 0 Å². The Kier molecular flexibility index (Phi) is 1.97. The summed E-state index contributed by atoms with van der Waals surface area (Å²) in [5.41, 5.74) is 0. The van der Waals surface area contributed by atoms with Gasteiger partial charge in [0.2, 0.25) is 0 Å². The summed E-state index contributed by atoms with van der Waals surface area (Å²) in [7, 11) is 0. The molecule has 11 heavy (non-hydrogen) atoms. The largest absolute Gasteiger partial charge is 0.303 e. The highest BCUT2D eigenvalue weighted by Crippen LogP contribution is 2.49. The number of carbonyl (C=O) groups excluding carboxylic acids is 1. The molecule has 1 heteroatoms. The summed E-state index contributed by atoms with van der Waals surface area (Å²) in [5.74, 6) is 2.95. The summed E-state index contributed by atoms with van der Waals surface area (Å²) in [4.78, 5) is 10.2. The molecule has 0 amide bonds. The second-order valence-corrected chi connectivity index (χ2v) is 4.18.